The zero-order chi connectivity index (χ0) is 11.2. The molecule has 1 aromatic rings. The Morgan fingerprint density at radius 2 is 2.12 bits per heavy atom. The first-order valence-corrected chi connectivity index (χ1v) is 6.13. The molecule has 1 saturated carbocycles. The molecule has 16 heavy (non-hydrogen) atoms. The number of aliphatic hydroxyl groups excluding tert-OH is 1. The summed E-state index contributed by atoms with van der Waals surface area (Å²) in [5.74, 6) is 0.867. The molecule has 2 heteroatoms. The second kappa shape index (κ2) is 3.57. The molecule has 2 aliphatic rings. The first kappa shape index (κ1) is 10.3. The molecule has 0 aromatic heterocycles. The first-order valence-electron chi connectivity index (χ1n) is 6.13. The Kier molecular flexibility index (Phi) is 2.30. The monoisotopic (exact) mass is 217 g/mol. The molecule has 0 amide bonds. The van der Waals surface area contributed by atoms with E-state index in [1.807, 2.05) is 0 Å². The van der Waals surface area contributed by atoms with E-state index in [0.29, 0.717) is 5.41 Å². The molecule has 0 spiro atoms. The van der Waals surface area contributed by atoms with E-state index >= 15 is 0 Å². The Labute approximate surface area is 96.9 Å². The number of rotatable bonds is 2. The summed E-state index contributed by atoms with van der Waals surface area (Å²) in [4.78, 5) is 2.44. The quantitative estimate of drug-likeness (QED) is 0.816. The largest absolute Gasteiger partial charge is 0.392 e. The van der Waals surface area contributed by atoms with Crippen LogP contribution in [-0.4, -0.2) is 30.1 Å². The van der Waals surface area contributed by atoms with Gasteiger partial charge in [-0.3, -0.25) is 0 Å². The number of hydrogen-bond acceptors (Lipinski definition) is 2. The SMILES string of the molecule is CN1CCC2(c3ccc(CO)cc3)CC2C1. The minimum atomic E-state index is 0.152. The predicted octanol–water partition coefficient (Wildman–Crippen LogP) is 1.77. The van der Waals surface area contributed by atoms with Gasteiger partial charge in [0, 0.05) is 12.0 Å². The second-order valence-corrected chi connectivity index (χ2v) is 5.42. The van der Waals surface area contributed by atoms with E-state index < -0.39 is 0 Å². The summed E-state index contributed by atoms with van der Waals surface area (Å²) in [7, 11) is 2.22. The van der Waals surface area contributed by atoms with E-state index in [1.165, 1.54) is 31.5 Å². The van der Waals surface area contributed by atoms with Gasteiger partial charge >= 0.3 is 0 Å². The van der Waals surface area contributed by atoms with Gasteiger partial charge in [0.2, 0.25) is 0 Å². The smallest absolute Gasteiger partial charge is 0.0681 e. The van der Waals surface area contributed by atoms with E-state index in [4.69, 9.17) is 5.11 Å². The molecule has 2 fully saturated rings. The third-order valence-corrected chi connectivity index (χ3v) is 4.42. The molecule has 2 atom stereocenters. The maximum absolute atomic E-state index is 9.04. The Morgan fingerprint density at radius 3 is 2.75 bits per heavy atom. The molecule has 2 unspecified atom stereocenters. The first-order chi connectivity index (χ1) is 7.74. The zero-order valence-electron chi connectivity index (χ0n) is 9.82. The van der Waals surface area contributed by atoms with Crippen molar-refractivity contribution in [1.29, 1.82) is 0 Å². The van der Waals surface area contributed by atoms with Gasteiger partial charge in [-0.1, -0.05) is 24.3 Å². The molecule has 0 bridgehead atoms. The zero-order valence-corrected chi connectivity index (χ0v) is 9.82. The van der Waals surface area contributed by atoms with Crippen LogP contribution in [0.5, 0.6) is 0 Å². The van der Waals surface area contributed by atoms with Gasteiger partial charge in [0.1, 0.15) is 0 Å². The van der Waals surface area contributed by atoms with Gasteiger partial charge in [-0.05, 0) is 43.5 Å². The maximum atomic E-state index is 9.04. The Morgan fingerprint density at radius 1 is 1.38 bits per heavy atom. The molecule has 1 saturated heterocycles. The fourth-order valence-electron chi connectivity index (χ4n) is 3.22. The summed E-state index contributed by atoms with van der Waals surface area (Å²) >= 11 is 0. The molecular weight excluding hydrogens is 198 g/mol. The molecule has 0 radical (unpaired) electrons. The highest BCUT2D eigenvalue weighted by Gasteiger charge is 2.56. The molecule has 1 aliphatic carbocycles. The van der Waals surface area contributed by atoms with E-state index in [0.717, 1.165) is 11.5 Å². The molecule has 1 aliphatic heterocycles. The van der Waals surface area contributed by atoms with Crippen LogP contribution < -0.4 is 0 Å². The van der Waals surface area contributed by atoms with Crippen molar-refractivity contribution >= 4 is 0 Å². The van der Waals surface area contributed by atoms with Crippen LogP contribution in [0.3, 0.4) is 0 Å². The maximum Gasteiger partial charge on any atom is 0.0681 e. The summed E-state index contributed by atoms with van der Waals surface area (Å²) < 4.78 is 0. The van der Waals surface area contributed by atoms with Crippen molar-refractivity contribution in [3.05, 3.63) is 35.4 Å². The number of benzene rings is 1. The van der Waals surface area contributed by atoms with Crippen molar-refractivity contribution in [3.63, 3.8) is 0 Å². The average molecular weight is 217 g/mol. The third-order valence-electron chi connectivity index (χ3n) is 4.42. The normalized spacial score (nSPS) is 33.5. The van der Waals surface area contributed by atoms with Crippen LogP contribution >= 0.6 is 0 Å². The molecule has 86 valence electrons. The van der Waals surface area contributed by atoms with E-state index in [1.54, 1.807) is 0 Å². The molecular formula is C14H19NO. The van der Waals surface area contributed by atoms with Crippen molar-refractivity contribution in [3.8, 4) is 0 Å². The van der Waals surface area contributed by atoms with Crippen LogP contribution in [0, 0.1) is 5.92 Å². The van der Waals surface area contributed by atoms with E-state index in [-0.39, 0.29) is 6.61 Å². The Balaban J connectivity index is 1.83. The van der Waals surface area contributed by atoms with Gasteiger partial charge in [-0.15, -0.1) is 0 Å². The highest BCUT2D eigenvalue weighted by molar-refractivity contribution is 5.36. The lowest BCUT2D eigenvalue weighted by molar-refractivity contribution is 0.248. The molecule has 1 aromatic carbocycles. The predicted molar refractivity (Wildman–Crippen MR) is 64.3 cm³/mol. The number of hydrogen-bond donors (Lipinski definition) is 1. The van der Waals surface area contributed by atoms with Crippen molar-refractivity contribution in [1.82, 2.24) is 4.90 Å². The van der Waals surface area contributed by atoms with Gasteiger partial charge in [0.05, 0.1) is 6.61 Å². The molecule has 1 heterocycles. The van der Waals surface area contributed by atoms with E-state index in [9.17, 15) is 0 Å². The average Bonchev–Trinajstić information content (AvgIpc) is 3.04. The third kappa shape index (κ3) is 1.48. The number of nitrogens with zero attached hydrogens (tertiary/aromatic N) is 1. The van der Waals surface area contributed by atoms with Gasteiger partial charge in [0.25, 0.3) is 0 Å². The van der Waals surface area contributed by atoms with Crippen molar-refractivity contribution < 1.29 is 5.11 Å². The van der Waals surface area contributed by atoms with Crippen molar-refractivity contribution in [2.24, 2.45) is 5.92 Å². The van der Waals surface area contributed by atoms with Gasteiger partial charge in [-0.25, -0.2) is 0 Å². The fourth-order valence-corrected chi connectivity index (χ4v) is 3.22. The molecule has 3 rings (SSSR count). The van der Waals surface area contributed by atoms with Gasteiger partial charge < -0.3 is 10.0 Å². The van der Waals surface area contributed by atoms with E-state index in [2.05, 4.69) is 36.2 Å². The molecule has 1 N–H and O–H groups in total. The van der Waals surface area contributed by atoms with Crippen LogP contribution in [0.4, 0.5) is 0 Å². The van der Waals surface area contributed by atoms with Crippen molar-refractivity contribution in [2.75, 3.05) is 20.1 Å². The van der Waals surface area contributed by atoms with Crippen LogP contribution in [0.1, 0.15) is 24.0 Å². The Bertz CT molecular complexity index is 386. The summed E-state index contributed by atoms with van der Waals surface area (Å²) in [5, 5.41) is 9.04. The Hall–Kier alpha value is -0.860. The number of piperidine rings is 1. The standard InChI is InChI=1S/C14H19NO/c1-15-7-6-14(8-13(14)9-15)12-4-2-11(10-16)3-5-12/h2-5,13,16H,6-10H2,1H3. The fraction of sp³-hybridized carbons (Fsp3) is 0.571. The van der Waals surface area contributed by atoms with Gasteiger partial charge in [-0.2, -0.15) is 0 Å². The summed E-state index contributed by atoms with van der Waals surface area (Å²) in [5.41, 5.74) is 2.99. The minimum absolute atomic E-state index is 0.152. The summed E-state index contributed by atoms with van der Waals surface area (Å²) in [6, 6.07) is 8.57. The minimum Gasteiger partial charge on any atom is -0.392 e. The lowest BCUT2D eigenvalue weighted by Crippen LogP contribution is -2.33. The topological polar surface area (TPSA) is 23.5 Å². The number of fused-ring (bicyclic) bond motifs is 1. The lowest BCUT2D eigenvalue weighted by atomic mass is 9.87. The van der Waals surface area contributed by atoms with Crippen LogP contribution in [0.2, 0.25) is 0 Å². The lowest BCUT2D eigenvalue weighted by Gasteiger charge is -2.29. The van der Waals surface area contributed by atoms with Crippen molar-refractivity contribution in [2.45, 2.75) is 24.9 Å². The second-order valence-electron chi connectivity index (χ2n) is 5.42. The van der Waals surface area contributed by atoms with Crippen LogP contribution in [0.15, 0.2) is 24.3 Å². The highest BCUT2D eigenvalue weighted by atomic mass is 16.3. The van der Waals surface area contributed by atoms with Crippen LogP contribution in [-0.2, 0) is 12.0 Å². The van der Waals surface area contributed by atoms with Crippen LogP contribution in [0.25, 0.3) is 0 Å². The number of aliphatic hydroxyl groups is 1. The summed E-state index contributed by atoms with van der Waals surface area (Å²) in [6.45, 7) is 2.62. The number of likely N-dealkylation sites (tertiary alicyclic amines) is 1. The molecule has 2 nitrogen and oxygen atoms in total. The highest BCUT2D eigenvalue weighted by Crippen LogP contribution is 2.58. The van der Waals surface area contributed by atoms with Gasteiger partial charge in [0.15, 0.2) is 0 Å². The summed E-state index contributed by atoms with van der Waals surface area (Å²) in [6.07, 6.45) is 2.66.